The zero-order valence-electron chi connectivity index (χ0n) is 23.2. The predicted molar refractivity (Wildman–Crippen MR) is 143 cm³/mol. The molecule has 1 aromatic heterocycles. The smallest absolute Gasteiger partial charge is 0.331 e. The SMILES string of the molecule is COc1ccnc(C(=O)N[C@H]2COCC[C@H](Cc3ccccc3)[C@@H](OCC(C)C)[C@H](C)OC2=O)c1OC(C)=O. The summed E-state index contributed by atoms with van der Waals surface area (Å²) >= 11 is 0. The fourth-order valence-electron chi connectivity index (χ4n) is 4.42. The summed E-state index contributed by atoms with van der Waals surface area (Å²) in [4.78, 5) is 42.0. The van der Waals surface area contributed by atoms with Gasteiger partial charge < -0.3 is 29.0 Å². The van der Waals surface area contributed by atoms with Gasteiger partial charge in [-0.05, 0) is 37.2 Å². The van der Waals surface area contributed by atoms with Crippen molar-refractivity contribution in [1.29, 1.82) is 0 Å². The number of rotatable bonds is 9. The summed E-state index contributed by atoms with van der Waals surface area (Å²) in [6.07, 6.45) is 1.82. The van der Waals surface area contributed by atoms with Crippen molar-refractivity contribution in [2.45, 2.75) is 58.8 Å². The number of pyridine rings is 1. The lowest BCUT2D eigenvalue weighted by atomic mass is 9.88. The molecule has 1 aliphatic rings. The number of methoxy groups -OCH3 is 1. The molecule has 1 fully saturated rings. The van der Waals surface area contributed by atoms with Gasteiger partial charge in [0.1, 0.15) is 6.10 Å². The molecule has 1 amide bonds. The number of nitrogens with zero attached hydrogens (tertiary/aromatic N) is 1. The van der Waals surface area contributed by atoms with Gasteiger partial charge >= 0.3 is 11.9 Å². The van der Waals surface area contributed by atoms with Crippen molar-refractivity contribution in [2.24, 2.45) is 11.8 Å². The van der Waals surface area contributed by atoms with Crippen molar-refractivity contribution in [2.75, 3.05) is 26.9 Å². The third kappa shape index (κ3) is 8.76. The first-order chi connectivity index (χ1) is 18.7. The van der Waals surface area contributed by atoms with E-state index in [1.54, 1.807) is 0 Å². The van der Waals surface area contributed by atoms with Crippen molar-refractivity contribution in [1.82, 2.24) is 10.3 Å². The number of aromatic nitrogens is 1. The predicted octanol–water partition coefficient (Wildman–Crippen LogP) is 3.37. The molecular formula is C29H38N2O8. The molecule has 1 N–H and O–H groups in total. The quantitative estimate of drug-likeness (QED) is 0.475. The Morgan fingerprint density at radius 1 is 1.18 bits per heavy atom. The number of hydrogen-bond donors (Lipinski definition) is 1. The summed E-state index contributed by atoms with van der Waals surface area (Å²) < 4.78 is 28.4. The van der Waals surface area contributed by atoms with Gasteiger partial charge in [0.25, 0.3) is 5.91 Å². The number of benzene rings is 1. The Kier molecular flexibility index (Phi) is 11.2. The maximum atomic E-state index is 13.2. The summed E-state index contributed by atoms with van der Waals surface area (Å²) in [5.74, 6) is -1.70. The van der Waals surface area contributed by atoms with Gasteiger partial charge in [0.2, 0.25) is 5.75 Å². The molecule has 0 spiro atoms. The van der Waals surface area contributed by atoms with Crippen LogP contribution >= 0.6 is 0 Å². The maximum absolute atomic E-state index is 13.2. The first-order valence-electron chi connectivity index (χ1n) is 13.2. The number of hydrogen-bond acceptors (Lipinski definition) is 9. The standard InChI is InChI=1S/C29H38N2O8/c1-18(2)16-37-26-19(3)38-29(34)23(17-36-14-12-22(26)15-21-9-7-6-8-10-21)31-28(33)25-27(39-20(4)32)24(35-5)11-13-30-25/h6-11,13,18-19,22-23,26H,12,14-17H2,1-5H3,(H,31,33)/t19-,22+,23-,26-/m0/s1. The van der Waals surface area contributed by atoms with Crippen LogP contribution in [0.2, 0.25) is 0 Å². The van der Waals surface area contributed by atoms with Crippen LogP contribution in [0.25, 0.3) is 0 Å². The Morgan fingerprint density at radius 3 is 2.59 bits per heavy atom. The second-order valence-electron chi connectivity index (χ2n) is 9.96. The summed E-state index contributed by atoms with van der Waals surface area (Å²) in [5, 5.41) is 2.61. The molecule has 0 radical (unpaired) electrons. The number of carbonyl (C=O) groups excluding carboxylic acids is 3. The minimum atomic E-state index is -1.12. The topological polar surface area (TPSA) is 122 Å². The lowest BCUT2D eigenvalue weighted by Gasteiger charge is -2.34. The molecule has 10 heteroatoms. The Hall–Kier alpha value is -3.50. The van der Waals surface area contributed by atoms with Crippen molar-refractivity contribution in [3.8, 4) is 11.5 Å². The van der Waals surface area contributed by atoms with Gasteiger partial charge in [0.05, 0.1) is 19.8 Å². The molecular weight excluding hydrogens is 504 g/mol. The van der Waals surface area contributed by atoms with Gasteiger partial charge in [0.15, 0.2) is 17.5 Å². The van der Waals surface area contributed by atoms with Gasteiger partial charge in [-0.1, -0.05) is 44.2 Å². The third-order valence-electron chi connectivity index (χ3n) is 6.25. The van der Waals surface area contributed by atoms with Crippen molar-refractivity contribution < 1.29 is 38.1 Å². The van der Waals surface area contributed by atoms with Gasteiger partial charge in [-0.3, -0.25) is 9.59 Å². The molecule has 3 rings (SSSR count). The van der Waals surface area contributed by atoms with Crippen LogP contribution in [0.5, 0.6) is 11.5 Å². The number of esters is 2. The van der Waals surface area contributed by atoms with Crippen LogP contribution in [-0.4, -0.2) is 68.0 Å². The molecule has 1 aromatic carbocycles. The van der Waals surface area contributed by atoms with E-state index in [1.165, 1.54) is 26.3 Å². The van der Waals surface area contributed by atoms with Crippen molar-refractivity contribution >= 4 is 17.8 Å². The molecule has 0 aliphatic carbocycles. The molecule has 39 heavy (non-hydrogen) atoms. The molecule has 0 bridgehead atoms. The van der Waals surface area contributed by atoms with E-state index >= 15 is 0 Å². The molecule has 4 atom stereocenters. The third-order valence-corrected chi connectivity index (χ3v) is 6.25. The average molecular weight is 543 g/mol. The van der Waals surface area contributed by atoms with Crippen LogP contribution in [0.3, 0.4) is 0 Å². The van der Waals surface area contributed by atoms with Crippen LogP contribution in [0, 0.1) is 11.8 Å². The van der Waals surface area contributed by atoms with E-state index in [4.69, 9.17) is 23.7 Å². The molecule has 212 valence electrons. The van der Waals surface area contributed by atoms with Crippen LogP contribution in [0.4, 0.5) is 0 Å². The minimum Gasteiger partial charge on any atom is -0.493 e. The number of amides is 1. The summed E-state index contributed by atoms with van der Waals surface area (Å²) in [6.45, 7) is 7.92. The average Bonchev–Trinajstić information content (AvgIpc) is 2.89. The molecule has 2 aromatic rings. The van der Waals surface area contributed by atoms with E-state index < -0.39 is 30.0 Å². The number of nitrogens with one attached hydrogen (secondary N) is 1. The second kappa shape index (κ2) is 14.6. The van der Waals surface area contributed by atoms with E-state index in [9.17, 15) is 14.4 Å². The Balaban J connectivity index is 1.79. The molecule has 2 heterocycles. The van der Waals surface area contributed by atoms with E-state index in [0.717, 1.165) is 12.0 Å². The van der Waals surface area contributed by atoms with E-state index in [2.05, 4.69) is 36.3 Å². The second-order valence-corrected chi connectivity index (χ2v) is 9.96. The number of ether oxygens (including phenoxy) is 5. The molecule has 1 aliphatic heterocycles. The van der Waals surface area contributed by atoms with Crippen LogP contribution < -0.4 is 14.8 Å². The highest BCUT2D eigenvalue weighted by Gasteiger charge is 2.35. The maximum Gasteiger partial charge on any atom is 0.331 e. The normalized spacial score (nSPS) is 22.1. The zero-order valence-corrected chi connectivity index (χ0v) is 23.2. The molecule has 0 unspecified atom stereocenters. The van der Waals surface area contributed by atoms with Crippen LogP contribution in [0.15, 0.2) is 42.6 Å². The van der Waals surface area contributed by atoms with Gasteiger partial charge in [-0.25, -0.2) is 9.78 Å². The van der Waals surface area contributed by atoms with E-state index in [-0.39, 0.29) is 35.8 Å². The largest absolute Gasteiger partial charge is 0.493 e. The highest BCUT2D eigenvalue weighted by Crippen LogP contribution is 2.30. The highest BCUT2D eigenvalue weighted by atomic mass is 16.6. The van der Waals surface area contributed by atoms with Crippen LogP contribution in [-0.2, 0) is 30.2 Å². The lowest BCUT2D eigenvalue weighted by Crippen LogP contribution is -2.49. The summed E-state index contributed by atoms with van der Waals surface area (Å²) in [7, 11) is 1.38. The number of cyclic esters (lactones) is 1. The fraction of sp³-hybridized carbons (Fsp3) is 0.517. The fourth-order valence-corrected chi connectivity index (χ4v) is 4.42. The summed E-state index contributed by atoms with van der Waals surface area (Å²) in [5.41, 5.74) is 0.958. The summed E-state index contributed by atoms with van der Waals surface area (Å²) in [6, 6.07) is 10.4. The zero-order chi connectivity index (χ0) is 28.4. The first kappa shape index (κ1) is 30.0. The van der Waals surface area contributed by atoms with Gasteiger partial charge in [-0.15, -0.1) is 0 Å². The highest BCUT2D eigenvalue weighted by molar-refractivity contribution is 5.98. The van der Waals surface area contributed by atoms with Gasteiger partial charge in [-0.2, -0.15) is 0 Å². The first-order valence-corrected chi connectivity index (χ1v) is 13.2. The Labute approximate surface area is 229 Å². The molecule has 0 saturated carbocycles. The van der Waals surface area contributed by atoms with Crippen LogP contribution in [0.1, 0.15) is 50.2 Å². The van der Waals surface area contributed by atoms with E-state index in [1.807, 2.05) is 25.1 Å². The van der Waals surface area contributed by atoms with Crippen molar-refractivity contribution in [3.05, 3.63) is 53.9 Å². The molecule has 1 saturated heterocycles. The Morgan fingerprint density at radius 2 is 1.92 bits per heavy atom. The number of carbonyl (C=O) groups is 3. The van der Waals surface area contributed by atoms with Crippen molar-refractivity contribution in [3.63, 3.8) is 0 Å². The van der Waals surface area contributed by atoms with Gasteiger partial charge in [0, 0.05) is 32.4 Å². The lowest BCUT2D eigenvalue weighted by molar-refractivity contribution is -0.166. The monoisotopic (exact) mass is 542 g/mol. The Bertz CT molecular complexity index is 1110. The molecule has 10 nitrogen and oxygen atoms in total. The minimum absolute atomic E-state index is 0.0485. The van der Waals surface area contributed by atoms with E-state index in [0.29, 0.717) is 25.6 Å².